The van der Waals surface area contributed by atoms with Crippen molar-refractivity contribution in [1.29, 1.82) is 0 Å². The molecule has 21 heavy (non-hydrogen) atoms. The molecule has 120 valence electrons. The quantitative estimate of drug-likeness (QED) is 0.816. The van der Waals surface area contributed by atoms with E-state index in [1.807, 2.05) is 4.90 Å². The van der Waals surface area contributed by atoms with Crippen molar-refractivity contribution in [3.05, 3.63) is 0 Å². The zero-order chi connectivity index (χ0) is 15.2. The van der Waals surface area contributed by atoms with Crippen molar-refractivity contribution >= 4 is 11.9 Å². The molecule has 0 aromatic rings. The molecule has 2 aliphatic rings. The number of carbonyl (C=O) groups is 2. The summed E-state index contributed by atoms with van der Waals surface area (Å²) in [4.78, 5) is 25.7. The summed E-state index contributed by atoms with van der Waals surface area (Å²) in [6.45, 7) is 2.09. The van der Waals surface area contributed by atoms with Gasteiger partial charge in [-0.05, 0) is 31.6 Å². The number of amides is 1. The highest BCUT2D eigenvalue weighted by molar-refractivity contribution is 5.78. The number of hydrogen-bond acceptors (Lipinski definition) is 2. The number of carbonyl (C=O) groups excluding carboxylic acids is 1. The van der Waals surface area contributed by atoms with E-state index in [2.05, 4.69) is 0 Å². The lowest BCUT2D eigenvalue weighted by Crippen LogP contribution is -2.43. The fourth-order valence-corrected chi connectivity index (χ4v) is 3.80. The summed E-state index contributed by atoms with van der Waals surface area (Å²) < 4.78 is 0. The van der Waals surface area contributed by atoms with Gasteiger partial charge in [0.25, 0.3) is 0 Å². The molecule has 1 unspecified atom stereocenters. The van der Waals surface area contributed by atoms with E-state index < -0.39 is 11.9 Å². The molecule has 2 rings (SSSR count). The highest BCUT2D eigenvalue weighted by atomic mass is 16.4. The summed E-state index contributed by atoms with van der Waals surface area (Å²) in [5.74, 6) is -0.554. The normalized spacial score (nSPS) is 22.1. The van der Waals surface area contributed by atoms with E-state index in [1.165, 1.54) is 44.9 Å². The molecule has 0 saturated heterocycles. The first-order valence-electron chi connectivity index (χ1n) is 8.60. The van der Waals surface area contributed by atoms with Gasteiger partial charge in [-0.1, -0.05) is 39.0 Å². The van der Waals surface area contributed by atoms with Crippen LogP contribution in [0, 0.1) is 11.8 Å². The Bertz CT molecular complexity index is 357. The number of rotatable bonds is 6. The molecule has 2 fully saturated rings. The number of nitrogens with zero attached hydrogens (tertiary/aromatic N) is 1. The molecule has 0 aromatic carbocycles. The zero-order valence-electron chi connectivity index (χ0n) is 13.2. The van der Waals surface area contributed by atoms with Crippen molar-refractivity contribution in [2.24, 2.45) is 11.8 Å². The monoisotopic (exact) mass is 295 g/mol. The van der Waals surface area contributed by atoms with Crippen LogP contribution in [-0.4, -0.2) is 34.5 Å². The molecule has 0 spiro atoms. The van der Waals surface area contributed by atoms with E-state index in [1.54, 1.807) is 6.92 Å². The molecule has 0 aliphatic heterocycles. The van der Waals surface area contributed by atoms with Gasteiger partial charge < -0.3 is 10.0 Å². The molecule has 0 aromatic heterocycles. The molecule has 2 saturated carbocycles. The minimum Gasteiger partial charge on any atom is -0.481 e. The summed E-state index contributed by atoms with van der Waals surface area (Å²) in [5.41, 5.74) is 0. The minimum atomic E-state index is -0.802. The van der Waals surface area contributed by atoms with Crippen molar-refractivity contribution in [3.63, 3.8) is 0 Å². The van der Waals surface area contributed by atoms with E-state index in [4.69, 9.17) is 5.11 Å². The lowest BCUT2D eigenvalue weighted by Gasteiger charge is -2.32. The third-order valence-corrected chi connectivity index (χ3v) is 5.17. The van der Waals surface area contributed by atoms with Crippen LogP contribution < -0.4 is 0 Å². The molecule has 4 nitrogen and oxygen atoms in total. The van der Waals surface area contributed by atoms with Crippen LogP contribution in [0.4, 0.5) is 0 Å². The highest BCUT2D eigenvalue weighted by Gasteiger charge is 2.30. The third kappa shape index (κ3) is 4.72. The van der Waals surface area contributed by atoms with Gasteiger partial charge in [-0.2, -0.15) is 0 Å². The summed E-state index contributed by atoms with van der Waals surface area (Å²) >= 11 is 0. The Morgan fingerprint density at radius 3 is 2.19 bits per heavy atom. The Kier molecular flexibility index (Phi) is 6.07. The van der Waals surface area contributed by atoms with Crippen molar-refractivity contribution in [1.82, 2.24) is 4.90 Å². The van der Waals surface area contributed by atoms with Crippen molar-refractivity contribution in [2.75, 3.05) is 6.54 Å². The Balaban J connectivity index is 1.95. The van der Waals surface area contributed by atoms with Crippen molar-refractivity contribution < 1.29 is 14.7 Å². The van der Waals surface area contributed by atoms with Crippen LogP contribution in [0.2, 0.25) is 0 Å². The van der Waals surface area contributed by atoms with Gasteiger partial charge in [0.15, 0.2) is 0 Å². The largest absolute Gasteiger partial charge is 0.481 e. The minimum absolute atomic E-state index is 0.196. The van der Waals surface area contributed by atoms with Gasteiger partial charge in [0.1, 0.15) is 0 Å². The summed E-state index contributed by atoms with van der Waals surface area (Å²) in [7, 11) is 0. The average molecular weight is 295 g/mol. The van der Waals surface area contributed by atoms with Crippen LogP contribution in [0.5, 0.6) is 0 Å². The second kappa shape index (κ2) is 7.81. The van der Waals surface area contributed by atoms with Gasteiger partial charge in [-0.15, -0.1) is 0 Å². The summed E-state index contributed by atoms with van der Waals surface area (Å²) in [5, 5.41) is 9.14. The average Bonchev–Trinajstić information content (AvgIpc) is 2.99. The van der Waals surface area contributed by atoms with E-state index in [-0.39, 0.29) is 11.9 Å². The van der Waals surface area contributed by atoms with Crippen LogP contribution >= 0.6 is 0 Å². The molecular weight excluding hydrogens is 266 g/mol. The van der Waals surface area contributed by atoms with Gasteiger partial charge in [0, 0.05) is 19.0 Å². The Labute approximate surface area is 127 Å². The Morgan fingerprint density at radius 2 is 1.62 bits per heavy atom. The summed E-state index contributed by atoms with van der Waals surface area (Å²) in [6.07, 6.45) is 11.2. The van der Waals surface area contributed by atoms with Gasteiger partial charge in [-0.25, -0.2) is 0 Å². The molecule has 0 radical (unpaired) electrons. The van der Waals surface area contributed by atoms with Crippen LogP contribution in [-0.2, 0) is 9.59 Å². The van der Waals surface area contributed by atoms with Crippen LogP contribution in [0.25, 0.3) is 0 Å². The van der Waals surface area contributed by atoms with Gasteiger partial charge >= 0.3 is 5.97 Å². The number of hydrogen-bond donors (Lipinski definition) is 1. The second-order valence-electron chi connectivity index (χ2n) is 6.93. The van der Waals surface area contributed by atoms with Crippen molar-refractivity contribution in [3.8, 4) is 0 Å². The van der Waals surface area contributed by atoms with Crippen LogP contribution in [0.1, 0.15) is 71.1 Å². The van der Waals surface area contributed by atoms with Gasteiger partial charge in [0.05, 0.1) is 5.92 Å². The predicted molar refractivity (Wildman–Crippen MR) is 82.0 cm³/mol. The molecular formula is C17H29NO3. The third-order valence-electron chi connectivity index (χ3n) is 5.17. The standard InChI is InChI=1S/C17H29NO3/c1-13(17(20)21)12-18(15-9-5-6-10-15)16(19)11-14-7-3-2-4-8-14/h13-15H,2-12H2,1H3,(H,20,21). The van der Waals surface area contributed by atoms with Crippen molar-refractivity contribution in [2.45, 2.75) is 77.2 Å². The topological polar surface area (TPSA) is 57.6 Å². The molecule has 0 heterocycles. The van der Waals surface area contributed by atoms with E-state index in [0.29, 0.717) is 18.9 Å². The Hall–Kier alpha value is -1.06. The molecule has 1 atom stereocenters. The zero-order valence-corrected chi connectivity index (χ0v) is 13.2. The smallest absolute Gasteiger partial charge is 0.308 e. The summed E-state index contributed by atoms with van der Waals surface area (Å²) in [6, 6.07) is 0.280. The molecule has 4 heteroatoms. The fraction of sp³-hybridized carbons (Fsp3) is 0.882. The SMILES string of the molecule is CC(CN(C(=O)CC1CCCCC1)C1CCCC1)C(=O)O. The predicted octanol–water partition coefficient (Wildman–Crippen LogP) is 3.45. The second-order valence-corrected chi connectivity index (χ2v) is 6.93. The van der Waals surface area contributed by atoms with Crippen LogP contribution in [0.3, 0.4) is 0 Å². The van der Waals surface area contributed by atoms with Crippen LogP contribution in [0.15, 0.2) is 0 Å². The van der Waals surface area contributed by atoms with E-state index in [9.17, 15) is 9.59 Å². The fourth-order valence-electron chi connectivity index (χ4n) is 3.80. The molecule has 1 N–H and O–H groups in total. The van der Waals surface area contributed by atoms with E-state index >= 15 is 0 Å². The maximum Gasteiger partial charge on any atom is 0.308 e. The number of aliphatic carboxylic acids is 1. The first-order valence-corrected chi connectivity index (χ1v) is 8.60. The molecule has 2 aliphatic carbocycles. The lowest BCUT2D eigenvalue weighted by atomic mass is 9.86. The molecule has 1 amide bonds. The number of carboxylic acids is 1. The van der Waals surface area contributed by atoms with Gasteiger partial charge in [-0.3, -0.25) is 9.59 Å². The lowest BCUT2D eigenvalue weighted by molar-refractivity contribution is -0.144. The van der Waals surface area contributed by atoms with E-state index in [0.717, 1.165) is 12.8 Å². The number of carboxylic acid groups (broad SMARTS) is 1. The first-order chi connectivity index (χ1) is 10.1. The van der Waals surface area contributed by atoms with Gasteiger partial charge in [0.2, 0.25) is 5.91 Å². The highest BCUT2D eigenvalue weighted by Crippen LogP contribution is 2.29. The molecule has 0 bridgehead atoms. The maximum atomic E-state index is 12.7. The Morgan fingerprint density at radius 1 is 1.05 bits per heavy atom. The maximum absolute atomic E-state index is 12.7. The first kappa shape index (κ1) is 16.3.